The Morgan fingerprint density at radius 3 is 1.43 bits per heavy atom. The molecule has 0 aromatic rings. The fourth-order valence-corrected chi connectivity index (χ4v) is 2.48. The zero-order chi connectivity index (χ0) is 16.9. The third-order valence-corrected chi connectivity index (χ3v) is 3.76. The van der Waals surface area contributed by atoms with E-state index in [1.807, 2.05) is 0 Å². The molecule has 0 atom stereocenters. The topological polar surface area (TPSA) is 75.7 Å². The Kier molecular flexibility index (Phi) is 17.1. The van der Waals surface area contributed by atoms with Crippen molar-refractivity contribution in [2.24, 2.45) is 0 Å². The van der Waals surface area contributed by atoms with Crippen LogP contribution in [0.5, 0.6) is 0 Å². The Morgan fingerprint density at radius 2 is 1.09 bits per heavy atom. The predicted molar refractivity (Wildman–Crippen MR) is 87.5 cm³/mol. The molecule has 134 valence electrons. The van der Waals surface area contributed by atoms with Gasteiger partial charge in [0.2, 0.25) is 10.4 Å². The summed E-state index contributed by atoms with van der Waals surface area (Å²) >= 11 is 0. The summed E-state index contributed by atoms with van der Waals surface area (Å²) in [5.74, 6) is 0. The van der Waals surface area contributed by atoms with Gasteiger partial charge in [-0.1, -0.05) is 51.4 Å². The summed E-state index contributed by atoms with van der Waals surface area (Å²) in [4.78, 5) is 0. The van der Waals surface area contributed by atoms with Gasteiger partial charge in [0.15, 0.2) is 0 Å². The quantitative estimate of drug-likeness (QED) is 0.201. The molecule has 0 amide bonds. The molecule has 0 spiro atoms. The Balaban J connectivity index is 0. The molecule has 0 aliphatic rings. The van der Waals surface area contributed by atoms with Gasteiger partial charge in [-0.3, -0.25) is 4.18 Å². The van der Waals surface area contributed by atoms with E-state index in [1.54, 1.807) is 0 Å². The van der Waals surface area contributed by atoms with Crippen LogP contribution in [0.15, 0.2) is 0 Å². The molecular formula is C16H33NaO5S. The summed E-state index contributed by atoms with van der Waals surface area (Å²) in [6.07, 6.45) is 11.2. The largest absolute Gasteiger partial charge is 1.00 e. The molecule has 0 aromatic carbocycles. The molecule has 0 heterocycles. The molecule has 7 heteroatoms. The first kappa shape index (κ1) is 26.1. The first-order valence-electron chi connectivity index (χ1n) is 8.45. The zero-order valence-corrected chi connectivity index (χ0v) is 18.3. The van der Waals surface area contributed by atoms with Gasteiger partial charge in [-0.05, 0) is 33.6 Å². The fraction of sp³-hybridized carbons (Fsp3) is 1.00. The van der Waals surface area contributed by atoms with E-state index in [0.717, 1.165) is 32.3 Å². The Morgan fingerprint density at radius 1 is 0.739 bits per heavy atom. The van der Waals surface area contributed by atoms with Gasteiger partial charge in [-0.15, -0.1) is 0 Å². The van der Waals surface area contributed by atoms with Gasteiger partial charge in [-0.25, -0.2) is 8.42 Å². The summed E-state index contributed by atoms with van der Waals surface area (Å²) in [5.41, 5.74) is -0.0249. The third kappa shape index (κ3) is 25.2. The van der Waals surface area contributed by atoms with Crippen LogP contribution in [0.25, 0.3) is 0 Å². The van der Waals surface area contributed by atoms with Crippen molar-refractivity contribution in [2.45, 2.75) is 90.6 Å². The number of unbranched alkanes of at least 4 members (excludes halogenated alkanes) is 9. The van der Waals surface area contributed by atoms with Crippen molar-refractivity contribution in [2.75, 3.05) is 13.2 Å². The van der Waals surface area contributed by atoms with Crippen molar-refractivity contribution in [1.82, 2.24) is 0 Å². The fourth-order valence-electron chi connectivity index (χ4n) is 2.16. The maximum absolute atomic E-state index is 10.2. The van der Waals surface area contributed by atoms with Crippen molar-refractivity contribution in [1.29, 1.82) is 0 Å². The van der Waals surface area contributed by atoms with Gasteiger partial charge in [0.25, 0.3) is 0 Å². The minimum absolute atomic E-state index is 0. The van der Waals surface area contributed by atoms with Crippen LogP contribution in [0.1, 0.15) is 85.0 Å². The normalized spacial score (nSPS) is 12.2. The van der Waals surface area contributed by atoms with Crippen LogP contribution >= 0.6 is 0 Å². The number of ether oxygens (including phenoxy) is 1. The van der Waals surface area contributed by atoms with Crippen LogP contribution < -0.4 is 29.6 Å². The van der Waals surface area contributed by atoms with Crippen LogP contribution in [-0.2, 0) is 19.3 Å². The molecule has 5 nitrogen and oxygen atoms in total. The van der Waals surface area contributed by atoms with Gasteiger partial charge in [0.05, 0.1) is 12.2 Å². The molecule has 0 saturated carbocycles. The summed E-state index contributed by atoms with van der Waals surface area (Å²) in [6.45, 7) is 7.11. The van der Waals surface area contributed by atoms with Gasteiger partial charge >= 0.3 is 29.6 Å². The number of hydrogen-bond acceptors (Lipinski definition) is 5. The average molecular weight is 360 g/mol. The molecule has 0 rings (SSSR count). The SMILES string of the molecule is CC(C)(C)OCCCCCCCCCCCCOS(=O)(=O)[O-].[Na+]. The summed E-state index contributed by atoms with van der Waals surface area (Å²) in [6, 6.07) is 0. The molecule has 0 saturated heterocycles. The maximum atomic E-state index is 10.2. The van der Waals surface area contributed by atoms with Gasteiger partial charge in [0.1, 0.15) is 0 Å². The second-order valence-electron chi connectivity index (χ2n) is 6.73. The van der Waals surface area contributed by atoms with Crippen molar-refractivity contribution in [3.63, 3.8) is 0 Å². The summed E-state index contributed by atoms with van der Waals surface area (Å²) in [7, 11) is -4.51. The smallest absolute Gasteiger partial charge is 0.726 e. The second kappa shape index (κ2) is 15.1. The molecule has 0 bridgehead atoms. The summed E-state index contributed by atoms with van der Waals surface area (Å²) in [5, 5.41) is 0. The Bertz CT molecular complexity index is 352. The van der Waals surface area contributed by atoms with Crippen LogP contribution in [0.3, 0.4) is 0 Å². The molecule has 0 fully saturated rings. The second-order valence-corrected chi connectivity index (χ2v) is 7.78. The van der Waals surface area contributed by atoms with E-state index in [2.05, 4.69) is 25.0 Å². The van der Waals surface area contributed by atoms with Gasteiger partial charge in [0, 0.05) is 6.61 Å². The average Bonchev–Trinajstić information content (AvgIpc) is 2.36. The van der Waals surface area contributed by atoms with E-state index in [4.69, 9.17) is 4.74 Å². The third-order valence-electron chi connectivity index (χ3n) is 3.30. The van der Waals surface area contributed by atoms with Crippen molar-refractivity contribution >= 4 is 10.4 Å². The number of hydrogen-bond donors (Lipinski definition) is 0. The number of rotatable bonds is 14. The van der Waals surface area contributed by atoms with Crippen molar-refractivity contribution in [3.8, 4) is 0 Å². The van der Waals surface area contributed by atoms with Crippen LogP contribution in [-0.4, -0.2) is 31.8 Å². The first-order chi connectivity index (χ1) is 10.2. The minimum atomic E-state index is -4.51. The molecular weight excluding hydrogens is 327 g/mol. The van der Waals surface area contributed by atoms with E-state index in [0.29, 0.717) is 6.42 Å². The van der Waals surface area contributed by atoms with Crippen LogP contribution in [0, 0.1) is 0 Å². The summed E-state index contributed by atoms with van der Waals surface area (Å²) < 4.78 is 40.4. The van der Waals surface area contributed by atoms with Crippen LogP contribution in [0.4, 0.5) is 0 Å². The van der Waals surface area contributed by atoms with Gasteiger partial charge < -0.3 is 9.29 Å². The van der Waals surface area contributed by atoms with E-state index in [1.165, 1.54) is 32.1 Å². The van der Waals surface area contributed by atoms with E-state index in [-0.39, 0.29) is 41.8 Å². The molecule has 0 N–H and O–H groups in total. The standard InChI is InChI=1S/C16H34O5S.Na/c1-16(2,3)20-14-12-10-8-6-4-5-7-9-11-13-15-21-22(17,18)19;/h4-15H2,1-3H3,(H,17,18,19);/q;+1/p-1. The Labute approximate surface area is 165 Å². The first-order valence-corrected chi connectivity index (χ1v) is 9.78. The molecule has 0 aliphatic heterocycles. The molecule has 0 unspecified atom stereocenters. The van der Waals surface area contributed by atoms with Crippen LogP contribution in [0.2, 0.25) is 0 Å². The van der Waals surface area contributed by atoms with E-state index >= 15 is 0 Å². The minimum Gasteiger partial charge on any atom is -0.726 e. The maximum Gasteiger partial charge on any atom is 1.00 e. The molecule has 0 aliphatic carbocycles. The van der Waals surface area contributed by atoms with Gasteiger partial charge in [-0.2, -0.15) is 0 Å². The predicted octanol–water partition coefficient (Wildman–Crippen LogP) is 1.18. The van der Waals surface area contributed by atoms with Crippen molar-refractivity contribution < 1.29 is 51.4 Å². The monoisotopic (exact) mass is 360 g/mol. The molecule has 0 aromatic heterocycles. The van der Waals surface area contributed by atoms with E-state index in [9.17, 15) is 13.0 Å². The Hall–Kier alpha value is 0.830. The van der Waals surface area contributed by atoms with E-state index < -0.39 is 10.4 Å². The molecule has 0 radical (unpaired) electrons. The zero-order valence-electron chi connectivity index (χ0n) is 15.4. The van der Waals surface area contributed by atoms with Crippen molar-refractivity contribution in [3.05, 3.63) is 0 Å². The molecule has 23 heavy (non-hydrogen) atoms.